The normalized spacial score (nSPS) is 17.2. The number of thioether (sulfide) groups is 1. The minimum Gasteiger partial charge on any atom is -0.454 e. The highest BCUT2D eigenvalue weighted by molar-refractivity contribution is 8.23. The van der Waals surface area contributed by atoms with Gasteiger partial charge >= 0.3 is 0 Å². The van der Waals surface area contributed by atoms with E-state index in [1.807, 2.05) is 25.1 Å². The third-order valence-corrected chi connectivity index (χ3v) is 5.49. The number of hydrogen-bond donors (Lipinski definition) is 1. The average molecular weight is 352 g/mol. The predicted octanol–water partition coefficient (Wildman–Crippen LogP) is 2.53. The first-order valence-corrected chi connectivity index (χ1v) is 9.04. The molecule has 1 N–H and O–H groups in total. The van der Waals surface area contributed by atoms with E-state index in [1.54, 1.807) is 0 Å². The molecule has 3 rings (SSSR count). The largest absolute Gasteiger partial charge is 0.454 e. The van der Waals surface area contributed by atoms with Crippen LogP contribution >= 0.6 is 24.0 Å². The fourth-order valence-electron chi connectivity index (χ4n) is 2.56. The number of carbonyl (C=O) groups is 1. The van der Waals surface area contributed by atoms with Gasteiger partial charge < -0.3 is 19.7 Å². The minimum absolute atomic E-state index is 0.00536. The molecule has 0 radical (unpaired) electrons. The van der Waals surface area contributed by atoms with E-state index in [-0.39, 0.29) is 18.0 Å². The zero-order valence-corrected chi connectivity index (χ0v) is 14.7. The quantitative estimate of drug-likeness (QED) is 0.841. The summed E-state index contributed by atoms with van der Waals surface area (Å²) in [5.41, 5.74) is 0.988. The summed E-state index contributed by atoms with van der Waals surface area (Å²) in [5.74, 6) is 1.48. The van der Waals surface area contributed by atoms with Gasteiger partial charge in [-0.3, -0.25) is 4.79 Å². The summed E-state index contributed by atoms with van der Waals surface area (Å²) < 4.78 is 11.4. The van der Waals surface area contributed by atoms with Crippen LogP contribution in [0.4, 0.5) is 0 Å². The molecule has 2 aliphatic heterocycles. The molecule has 0 saturated carbocycles. The number of likely N-dealkylation sites (tertiary alicyclic amines) is 1. The summed E-state index contributed by atoms with van der Waals surface area (Å²) in [6.07, 6.45) is 2.37. The number of thiocarbonyl (C=S) groups is 1. The zero-order chi connectivity index (χ0) is 16.2. The molecular formula is C16H20N2O3S2. The first kappa shape index (κ1) is 16.4. The van der Waals surface area contributed by atoms with Gasteiger partial charge in [0.1, 0.15) is 4.32 Å². The van der Waals surface area contributed by atoms with Gasteiger partial charge in [0.05, 0.1) is 5.25 Å². The van der Waals surface area contributed by atoms with E-state index in [1.165, 1.54) is 24.6 Å². The van der Waals surface area contributed by atoms with Crippen LogP contribution in [0.5, 0.6) is 11.5 Å². The Hall–Kier alpha value is -1.47. The Labute approximate surface area is 145 Å². The molecule has 0 bridgehead atoms. The van der Waals surface area contributed by atoms with Crippen molar-refractivity contribution in [2.24, 2.45) is 0 Å². The van der Waals surface area contributed by atoms with Gasteiger partial charge in [0.25, 0.3) is 0 Å². The summed E-state index contributed by atoms with van der Waals surface area (Å²) in [7, 11) is 0. The van der Waals surface area contributed by atoms with Crippen LogP contribution < -0.4 is 14.8 Å². The van der Waals surface area contributed by atoms with Gasteiger partial charge in [-0.15, -0.1) is 0 Å². The molecule has 0 spiro atoms. The lowest BCUT2D eigenvalue weighted by atomic mass is 10.2. The Bertz CT molecular complexity index is 603. The van der Waals surface area contributed by atoms with Crippen molar-refractivity contribution in [1.29, 1.82) is 0 Å². The van der Waals surface area contributed by atoms with Crippen molar-refractivity contribution in [3.05, 3.63) is 23.8 Å². The summed E-state index contributed by atoms with van der Waals surface area (Å²) in [4.78, 5) is 14.4. The molecule has 0 aliphatic carbocycles. The van der Waals surface area contributed by atoms with Crippen molar-refractivity contribution in [2.75, 3.05) is 19.9 Å². The van der Waals surface area contributed by atoms with E-state index in [4.69, 9.17) is 21.7 Å². The molecule has 0 aromatic heterocycles. The van der Waals surface area contributed by atoms with Crippen LogP contribution in [0, 0.1) is 0 Å². The first-order valence-electron chi connectivity index (χ1n) is 7.75. The molecule has 23 heavy (non-hydrogen) atoms. The van der Waals surface area contributed by atoms with Crippen molar-refractivity contribution < 1.29 is 14.3 Å². The molecule has 2 heterocycles. The molecule has 1 atom stereocenters. The third-order valence-electron chi connectivity index (χ3n) is 3.91. The van der Waals surface area contributed by atoms with Gasteiger partial charge in [-0.1, -0.05) is 30.0 Å². The second kappa shape index (κ2) is 7.40. The van der Waals surface area contributed by atoms with Crippen molar-refractivity contribution in [1.82, 2.24) is 10.2 Å². The summed E-state index contributed by atoms with van der Waals surface area (Å²) >= 11 is 6.88. The molecule has 1 aromatic rings. The number of ether oxygens (including phenoxy) is 2. The van der Waals surface area contributed by atoms with E-state index in [2.05, 4.69) is 10.2 Å². The summed E-state index contributed by atoms with van der Waals surface area (Å²) in [5, 5.41) is 2.75. The average Bonchev–Trinajstić information content (AvgIpc) is 3.22. The van der Waals surface area contributed by atoms with Crippen LogP contribution in [0.1, 0.15) is 25.3 Å². The fraction of sp³-hybridized carbons (Fsp3) is 0.500. The smallest absolute Gasteiger partial charge is 0.233 e. The molecule has 7 heteroatoms. The number of rotatable bonds is 4. The Morgan fingerprint density at radius 2 is 2.09 bits per heavy atom. The zero-order valence-electron chi connectivity index (χ0n) is 13.0. The highest BCUT2D eigenvalue weighted by atomic mass is 32.2. The fourth-order valence-corrected chi connectivity index (χ4v) is 4.00. The highest BCUT2D eigenvalue weighted by Gasteiger charge is 2.21. The number of hydrogen-bond acceptors (Lipinski definition) is 5. The molecule has 0 unspecified atom stereocenters. The van der Waals surface area contributed by atoms with Gasteiger partial charge in [0.15, 0.2) is 11.5 Å². The number of amides is 1. The second-order valence-electron chi connectivity index (χ2n) is 5.63. The number of nitrogens with one attached hydrogen (secondary N) is 1. The molecule has 1 amide bonds. The Balaban J connectivity index is 1.47. The molecule has 1 aromatic carbocycles. The maximum absolute atomic E-state index is 12.2. The molecule has 5 nitrogen and oxygen atoms in total. The van der Waals surface area contributed by atoms with Gasteiger partial charge in [0, 0.05) is 19.6 Å². The lowest BCUT2D eigenvalue weighted by Crippen LogP contribution is -2.33. The van der Waals surface area contributed by atoms with Crippen LogP contribution in [-0.2, 0) is 11.3 Å². The van der Waals surface area contributed by atoms with Crippen LogP contribution in [-0.4, -0.2) is 40.3 Å². The first-order chi connectivity index (χ1) is 11.1. The van der Waals surface area contributed by atoms with Crippen molar-refractivity contribution >= 4 is 34.2 Å². The van der Waals surface area contributed by atoms with Crippen LogP contribution in [0.3, 0.4) is 0 Å². The number of fused-ring (bicyclic) bond motifs is 1. The summed E-state index contributed by atoms with van der Waals surface area (Å²) in [6.45, 7) is 4.64. The standard InChI is InChI=1S/C16H20N2O3S2/c1-11(23-16(22)18-6-2-3-7-18)15(19)17-9-12-4-5-13-14(8-12)21-10-20-13/h4-5,8,11H,2-3,6-7,9-10H2,1H3,(H,17,19)/t11-/m1/s1. The Morgan fingerprint density at radius 3 is 2.87 bits per heavy atom. The third kappa shape index (κ3) is 4.09. The molecule has 2 aliphatic rings. The van der Waals surface area contributed by atoms with Crippen molar-refractivity contribution in [2.45, 2.75) is 31.6 Å². The monoisotopic (exact) mass is 352 g/mol. The van der Waals surface area contributed by atoms with E-state index in [0.29, 0.717) is 6.54 Å². The number of benzene rings is 1. The number of nitrogens with zero attached hydrogens (tertiary/aromatic N) is 1. The predicted molar refractivity (Wildman–Crippen MR) is 94.9 cm³/mol. The Morgan fingerprint density at radius 1 is 1.35 bits per heavy atom. The Kier molecular flexibility index (Phi) is 5.27. The lowest BCUT2D eigenvalue weighted by molar-refractivity contribution is -0.120. The van der Waals surface area contributed by atoms with Crippen molar-refractivity contribution in [3.63, 3.8) is 0 Å². The van der Waals surface area contributed by atoms with E-state index < -0.39 is 0 Å². The highest BCUT2D eigenvalue weighted by Crippen LogP contribution is 2.32. The van der Waals surface area contributed by atoms with Gasteiger partial charge in [0.2, 0.25) is 12.7 Å². The van der Waals surface area contributed by atoms with Crippen LogP contribution in [0.15, 0.2) is 18.2 Å². The van der Waals surface area contributed by atoms with Gasteiger partial charge in [-0.05, 0) is 37.5 Å². The molecule has 1 saturated heterocycles. The van der Waals surface area contributed by atoms with E-state index >= 15 is 0 Å². The van der Waals surface area contributed by atoms with Gasteiger partial charge in [-0.25, -0.2) is 0 Å². The van der Waals surface area contributed by atoms with Crippen LogP contribution in [0.25, 0.3) is 0 Å². The van der Waals surface area contributed by atoms with E-state index in [0.717, 1.165) is 34.5 Å². The molecule has 1 fully saturated rings. The molecule has 124 valence electrons. The second-order valence-corrected chi connectivity index (χ2v) is 7.60. The number of carbonyl (C=O) groups excluding carboxylic acids is 1. The SMILES string of the molecule is C[C@@H](SC(=S)N1CCCC1)C(=O)NCc1ccc2c(c1)OCO2. The topological polar surface area (TPSA) is 50.8 Å². The lowest BCUT2D eigenvalue weighted by Gasteiger charge is -2.20. The maximum Gasteiger partial charge on any atom is 0.233 e. The maximum atomic E-state index is 12.2. The minimum atomic E-state index is -0.197. The summed E-state index contributed by atoms with van der Waals surface area (Å²) in [6, 6.07) is 5.69. The molecular weight excluding hydrogens is 332 g/mol. The van der Waals surface area contributed by atoms with Gasteiger partial charge in [-0.2, -0.15) is 0 Å². The van der Waals surface area contributed by atoms with Crippen LogP contribution in [0.2, 0.25) is 0 Å². The van der Waals surface area contributed by atoms with Crippen molar-refractivity contribution in [3.8, 4) is 11.5 Å². The van der Waals surface area contributed by atoms with E-state index in [9.17, 15) is 4.79 Å².